The molecule has 0 aliphatic carbocycles. The summed E-state index contributed by atoms with van der Waals surface area (Å²) in [4.78, 5) is 18.6. The minimum Gasteiger partial charge on any atom is -0.494 e. The maximum atomic E-state index is 13.8. The van der Waals surface area contributed by atoms with Crippen LogP contribution in [0.15, 0.2) is 84.4 Å². The number of carbonyl (C=O) groups is 1. The molecule has 0 bridgehead atoms. The van der Waals surface area contributed by atoms with E-state index in [0.29, 0.717) is 40.5 Å². The van der Waals surface area contributed by atoms with Crippen LogP contribution in [0, 0.1) is 0 Å². The highest BCUT2D eigenvalue weighted by molar-refractivity contribution is 6.35. The number of aliphatic hydroxyl groups excluding tert-OH is 1. The van der Waals surface area contributed by atoms with Crippen LogP contribution in [0.25, 0.3) is 0 Å². The Morgan fingerprint density at radius 2 is 1.90 bits per heavy atom. The van der Waals surface area contributed by atoms with Crippen molar-refractivity contribution < 1.29 is 32.5 Å². The molecule has 12 heteroatoms. The summed E-state index contributed by atoms with van der Waals surface area (Å²) in [6.45, 7) is 4.08. The van der Waals surface area contributed by atoms with Crippen molar-refractivity contribution in [2.75, 3.05) is 13.2 Å². The van der Waals surface area contributed by atoms with Crippen molar-refractivity contribution in [1.82, 2.24) is 10.9 Å². The topological polar surface area (TPSA) is 92.2 Å². The maximum Gasteiger partial charge on any atom is 0.416 e. The summed E-state index contributed by atoms with van der Waals surface area (Å²) in [5.41, 5.74) is 4.25. The van der Waals surface area contributed by atoms with E-state index in [-0.39, 0.29) is 30.5 Å². The summed E-state index contributed by atoms with van der Waals surface area (Å²) in [7, 11) is 0. The van der Waals surface area contributed by atoms with Gasteiger partial charge in [0, 0.05) is 47.2 Å². The standard InChI is InChI=1S/C30H28Cl2F3N3O4/c1-2-13-29(28(40)38-36-18-19-5-3-6-21(16-19)30(33,34)35)26(24-12-9-22(31)17-25(24)32)42-27(37-29)20-7-10-23(11-8-20)41-15-4-14-39/h2-3,5-12,16-17,26,36,39H,1,4,13-15,18H2,(H,38,40)/t26-,29-/m0/s1. The summed E-state index contributed by atoms with van der Waals surface area (Å²) in [5.74, 6) is 0.143. The Kier molecular flexibility index (Phi) is 10.2. The van der Waals surface area contributed by atoms with Gasteiger partial charge in [0.25, 0.3) is 5.91 Å². The van der Waals surface area contributed by atoms with Crippen molar-refractivity contribution in [3.8, 4) is 5.75 Å². The first-order valence-electron chi connectivity index (χ1n) is 12.9. The number of amides is 1. The molecule has 3 aromatic rings. The average molecular weight is 622 g/mol. The number of benzene rings is 3. The highest BCUT2D eigenvalue weighted by atomic mass is 35.5. The molecule has 0 radical (unpaired) electrons. The molecular weight excluding hydrogens is 594 g/mol. The third-order valence-electron chi connectivity index (χ3n) is 6.48. The Morgan fingerprint density at radius 3 is 2.57 bits per heavy atom. The van der Waals surface area contributed by atoms with Crippen LogP contribution in [-0.2, 0) is 22.3 Å². The molecule has 3 N–H and O–H groups in total. The number of hydrogen-bond donors (Lipinski definition) is 3. The van der Waals surface area contributed by atoms with Gasteiger partial charge in [0.05, 0.1) is 12.2 Å². The van der Waals surface area contributed by atoms with Crippen molar-refractivity contribution in [3.63, 3.8) is 0 Å². The van der Waals surface area contributed by atoms with Crippen LogP contribution in [0.2, 0.25) is 10.0 Å². The quantitative estimate of drug-likeness (QED) is 0.123. The third-order valence-corrected chi connectivity index (χ3v) is 7.04. The first-order chi connectivity index (χ1) is 20.1. The van der Waals surface area contributed by atoms with E-state index >= 15 is 0 Å². The minimum absolute atomic E-state index is 0.0135. The van der Waals surface area contributed by atoms with Crippen LogP contribution in [0.1, 0.15) is 41.2 Å². The van der Waals surface area contributed by atoms with Crippen molar-refractivity contribution in [3.05, 3.63) is 112 Å². The lowest BCUT2D eigenvalue weighted by molar-refractivity contribution is -0.137. The molecule has 0 spiro atoms. The van der Waals surface area contributed by atoms with Gasteiger partial charge in [0.15, 0.2) is 11.6 Å². The number of aliphatic hydroxyl groups is 1. The van der Waals surface area contributed by atoms with Gasteiger partial charge in [0.1, 0.15) is 5.75 Å². The third kappa shape index (κ3) is 7.25. The molecular formula is C30H28Cl2F3N3O4. The zero-order valence-electron chi connectivity index (χ0n) is 22.3. The number of halogens is 5. The molecule has 3 aromatic carbocycles. The molecule has 0 fully saturated rings. The Bertz CT molecular complexity index is 1450. The fraction of sp³-hybridized carbons (Fsp3) is 0.267. The first-order valence-corrected chi connectivity index (χ1v) is 13.7. The van der Waals surface area contributed by atoms with Gasteiger partial charge < -0.3 is 14.6 Å². The molecule has 1 amide bonds. The van der Waals surface area contributed by atoms with Gasteiger partial charge in [0.2, 0.25) is 5.90 Å². The van der Waals surface area contributed by atoms with E-state index in [1.165, 1.54) is 24.3 Å². The van der Waals surface area contributed by atoms with Crippen LogP contribution in [0.3, 0.4) is 0 Å². The molecule has 4 rings (SSSR count). The lowest BCUT2D eigenvalue weighted by Gasteiger charge is -2.30. The number of hydrogen-bond acceptors (Lipinski definition) is 6. The van der Waals surface area contributed by atoms with E-state index in [1.807, 2.05) is 0 Å². The molecule has 222 valence electrons. The van der Waals surface area contributed by atoms with E-state index in [1.54, 1.807) is 36.4 Å². The summed E-state index contributed by atoms with van der Waals surface area (Å²) in [5, 5.41) is 9.61. The van der Waals surface area contributed by atoms with Gasteiger partial charge in [-0.25, -0.2) is 10.4 Å². The number of hydrazine groups is 1. The van der Waals surface area contributed by atoms with E-state index in [0.717, 1.165) is 12.1 Å². The van der Waals surface area contributed by atoms with Crippen molar-refractivity contribution in [1.29, 1.82) is 0 Å². The number of carbonyl (C=O) groups excluding carboxylic acids is 1. The van der Waals surface area contributed by atoms with E-state index in [4.69, 9.17) is 42.8 Å². The molecule has 7 nitrogen and oxygen atoms in total. The van der Waals surface area contributed by atoms with Crippen LogP contribution in [0.4, 0.5) is 13.2 Å². The number of ether oxygens (including phenoxy) is 2. The number of nitrogens with zero attached hydrogens (tertiary/aromatic N) is 1. The van der Waals surface area contributed by atoms with Crippen LogP contribution >= 0.6 is 23.2 Å². The Morgan fingerprint density at radius 1 is 1.14 bits per heavy atom. The first kappa shape index (κ1) is 31.4. The van der Waals surface area contributed by atoms with Gasteiger partial charge >= 0.3 is 6.18 Å². The summed E-state index contributed by atoms with van der Waals surface area (Å²) in [6.07, 6.45) is -3.43. The largest absolute Gasteiger partial charge is 0.494 e. The highest BCUT2D eigenvalue weighted by Crippen LogP contribution is 2.45. The Labute approximate surface area is 250 Å². The second-order valence-electron chi connectivity index (χ2n) is 9.45. The molecule has 1 aliphatic heterocycles. The number of nitrogens with one attached hydrogen (secondary N) is 2. The molecule has 0 saturated heterocycles. The predicted octanol–water partition coefficient (Wildman–Crippen LogP) is 6.43. The second-order valence-corrected chi connectivity index (χ2v) is 10.3. The molecule has 0 unspecified atom stereocenters. The van der Waals surface area contributed by atoms with Gasteiger partial charge in [-0.3, -0.25) is 10.2 Å². The zero-order chi connectivity index (χ0) is 30.3. The lowest BCUT2D eigenvalue weighted by atomic mass is 9.84. The number of rotatable bonds is 12. The average Bonchev–Trinajstić information content (AvgIpc) is 3.33. The van der Waals surface area contributed by atoms with Crippen LogP contribution < -0.4 is 15.6 Å². The summed E-state index contributed by atoms with van der Waals surface area (Å²) in [6, 6.07) is 16.4. The summed E-state index contributed by atoms with van der Waals surface area (Å²) >= 11 is 12.7. The second kappa shape index (κ2) is 13.6. The molecule has 0 aromatic heterocycles. The van der Waals surface area contributed by atoms with Gasteiger partial charge in [-0.05, 0) is 48.0 Å². The minimum atomic E-state index is -4.49. The van der Waals surface area contributed by atoms with Gasteiger partial charge in [-0.1, -0.05) is 53.5 Å². The highest BCUT2D eigenvalue weighted by Gasteiger charge is 2.53. The molecule has 2 atom stereocenters. The molecule has 0 saturated carbocycles. The fourth-order valence-corrected chi connectivity index (χ4v) is 4.93. The normalized spacial score (nSPS) is 18.2. The molecule has 42 heavy (non-hydrogen) atoms. The van der Waals surface area contributed by atoms with Crippen molar-refractivity contribution in [2.45, 2.75) is 37.2 Å². The smallest absolute Gasteiger partial charge is 0.416 e. The van der Waals surface area contributed by atoms with Gasteiger partial charge in [-0.2, -0.15) is 13.2 Å². The Balaban J connectivity index is 1.63. The van der Waals surface area contributed by atoms with Crippen LogP contribution in [-0.4, -0.2) is 35.7 Å². The zero-order valence-corrected chi connectivity index (χ0v) is 23.8. The monoisotopic (exact) mass is 621 g/mol. The van der Waals surface area contributed by atoms with E-state index in [2.05, 4.69) is 17.4 Å². The maximum absolute atomic E-state index is 13.8. The lowest BCUT2D eigenvalue weighted by Crippen LogP contribution is -2.52. The van der Waals surface area contributed by atoms with Crippen molar-refractivity contribution >= 4 is 35.0 Å². The van der Waals surface area contributed by atoms with E-state index in [9.17, 15) is 18.0 Å². The summed E-state index contributed by atoms with van der Waals surface area (Å²) < 4.78 is 51.2. The molecule has 1 heterocycles. The van der Waals surface area contributed by atoms with Crippen molar-refractivity contribution in [2.24, 2.45) is 4.99 Å². The van der Waals surface area contributed by atoms with Gasteiger partial charge in [-0.15, -0.1) is 6.58 Å². The fourth-order valence-electron chi connectivity index (χ4n) is 4.42. The predicted molar refractivity (Wildman–Crippen MR) is 154 cm³/mol. The number of alkyl halides is 3. The Hall–Kier alpha value is -3.57. The van der Waals surface area contributed by atoms with E-state index < -0.39 is 29.3 Å². The van der Waals surface area contributed by atoms with Crippen LogP contribution in [0.5, 0.6) is 5.75 Å². The SMILES string of the molecule is C=CC[C@]1(C(=O)NNCc2cccc(C(F)(F)F)c2)N=C(c2ccc(OCCCO)cc2)O[C@H]1c1ccc(Cl)cc1Cl. The number of aliphatic imine (C=N–C) groups is 1. The molecule has 1 aliphatic rings.